The number of ketones is 1. The van der Waals surface area contributed by atoms with Crippen molar-refractivity contribution in [3.63, 3.8) is 0 Å². The number of halogens is 2. The van der Waals surface area contributed by atoms with Gasteiger partial charge >= 0.3 is 0 Å². The van der Waals surface area contributed by atoms with Crippen LogP contribution in [-0.4, -0.2) is 11.7 Å². The van der Waals surface area contributed by atoms with Gasteiger partial charge in [0.25, 0.3) is 0 Å². The van der Waals surface area contributed by atoms with Crippen LogP contribution in [0.25, 0.3) is 0 Å². The molecule has 0 atom stereocenters. The van der Waals surface area contributed by atoms with Gasteiger partial charge in [-0.05, 0) is 40.3 Å². The lowest BCUT2D eigenvalue weighted by molar-refractivity contribution is -0.116. The highest BCUT2D eigenvalue weighted by molar-refractivity contribution is 14.1. The molecule has 0 saturated heterocycles. The topological polar surface area (TPSA) is 40.9 Å². The molecule has 0 amide bonds. The first-order valence-corrected chi connectivity index (χ1v) is 5.55. The Labute approximate surface area is 101 Å². The highest BCUT2D eigenvalue weighted by atomic mass is 127. The smallest absolute Gasteiger partial charge is 0.151 e. The molecule has 0 N–H and O–H groups in total. The Kier molecular flexibility index (Phi) is 4.36. The highest BCUT2D eigenvalue weighted by Crippen LogP contribution is 2.14. The molecule has 14 heavy (non-hydrogen) atoms. The monoisotopic (exact) mass is 319 g/mol. The molecular formula is C10H7ClINO. The van der Waals surface area contributed by atoms with Gasteiger partial charge in [-0.15, -0.1) is 11.6 Å². The molecule has 4 heteroatoms. The van der Waals surface area contributed by atoms with Gasteiger partial charge in [-0.25, -0.2) is 0 Å². The molecule has 0 bridgehead atoms. The van der Waals surface area contributed by atoms with Gasteiger partial charge in [-0.3, -0.25) is 4.79 Å². The molecule has 0 aliphatic carbocycles. The summed E-state index contributed by atoms with van der Waals surface area (Å²) in [7, 11) is 0. The van der Waals surface area contributed by atoms with E-state index in [1.807, 2.05) is 6.07 Å². The van der Waals surface area contributed by atoms with Crippen molar-refractivity contribution >= 4 is 40.0 Å². The first-order valence-electron chi connectivity index (χ1n) is 3.93. The molecule has 0 radical (unpaired) electrons. The summed E-state index contributed by atoms with van der Waals surface area (Å²) in [6.45, 7) is 0. The van der Waals surface area contributed by atoms with Crippen LogP contribution in [0.15, 0.2) is 18.2 Å². The predicted molar refractivity (Wildman–Crippen MR) is 63.3 cm³/mol. The average molecular weight is 320 g/mol. The Bertz CT molecular complexity index is 398. The van der Waals surface area contributed by atoms with Gasteiger partial charge in [-0.1, -0.05) is 6.07 Å². The summed E-state index contributed by atoms with van der Waals surface area (Å²) in [6, 6.07) is 7.41. The number of rotatable bonds is 3. The summed E-state index contributed by atoms with van der Waals surface area (Å²) in [5, 5.41) is 8.69. The van der Waals surface area contributed by atoms with Crippen molar-refractivity contribution in [2.24, 2.45) is 0 Å². The standard InChI is InChI=1S/C10H7ClINO/c11-5-9(14)3-7-1-2-8(6-13)10(12)4-7/h1-2,4H,3,5H2. The van der Waals surface area contributed by atoms with Crippen LogP contribution < -0.4 is 0 Å². The zero-order valence-electron chi connectivity index (χ0n) is 7.26. The molecule has 0 unspecified atom stereocenters. The Morgan fingerprint density at radius 2 is 2.29 bits per heavy atom. The van der Waals surface area contributed by atoms with E-state index in [2.05, 4.69) is 28.7 Å². The van der Waals surface area contributed by atoms with Crippen molar-refractivity contribution < 1.29 is 4.79 Å². The number of carbonyl (C=O) groups is 1. The molecule has 1 aromatic carbocycles. The second kappa shape index (κ2) is 5.32. The number of hydrogen-bond acceptors (Lipinski definition) is 2. The SMILES string of the molecule is N#Cc1ccc(CC(=O)CCl)cc1I. The van der Waals surface area contributed by atoms with Gasteiger partial charge in [0, 0.05) is 9.99 Å². The maximum Gasteiger partial charge on any atom is 0.151 e. The molecule has 1 rings (SSSR count). The molecule has 72 valence electrons. The summed E-state index contributed by atoms with van der Waals surface area (Å²) in [6.07, 6.45) is 0.339. The van der Waals surface area contributed by atoms with Crippen molar-refractivity contribution in [3.05, 3.63) is 32.9 Å². The summed E-state index contributed by atoms with van der Waals surface area (Å²) in [5.74, 6) is 0.0310. The number of alkyl halides is 1. The molecule has 1 aromatic rings. The fourth-order valence-electron chi connectivity index (χ4n) is 1.03. The lowest BCUT2D eigenvalue weighted by Crippen LogP contribution is -2.04. The number of benzene rings is 1. The number of nitrogens with zero attached hydrogens (tertiary/aromatic N) is 1. The van der Waals surface area contributed by atoms with E-state index >= 15 is 0 Å². The third-order valence-electron chi connectivity index (χ3n) is 1.70. The van der Waals surface area contributed by atoms with Crippen LogP contribution in [0.1, 0.15) is 11.1 Å². The van der Waals surface area contributed by atoms with Gasteiger partial charge in [0.2, 0.25) is 0 Å². The van der Waals surface area contributed by atoms with Crippen LogP contribution in [0, 0.1) is 14.9 Å². The summed E-state index contributed by atoms with van der Waals surface area (Å²) in [5.41, 5.74) is 1.53. The second-order valence-corrected chi connectivity index (χ2v) is 4.20. The minimum Gasteiger partial charge on any atom is -0.298 e. The largest absolute Gasteiger partial charge is 0.298 e. The van der Waals surface area contributed by atoms with Crippen LogP contribution in [-0.2, 0) is 11.2 Å². The minimum absolute atomic E-state index is 0.00725. The van der Waals surface area contributed by atoms with E-state index in [9.17, 15) is 4.79 Å². The van der Waals surface area contributed by atoms with Crippen LogP contribution in [0.5, 0.6) is 0 Å². The molecule has 0 heterocycles. The maximum atomic E-state index is 11.0. The first-order chi connectivity index (χ1) is 6.67. The fraction of sp³-hybridized carbons (Fsp3) is 0.200. The van der Waals surface area contributed by atoms with E-state index in [-0.39, 0.29) is 11.7 Å². The van der Waals surface area contributed by atoms with E-state index in [0.29, 0.717) is 12.0 Å². The van der Waals surface area contributed by atoms with Crippen molar-refractivity contribution in [1.82, 2.24) is 0 Å². The second-order valence-electron chi connectivity index (χ2n) is 2.78. The predicted octanol–water partition coefficient (Wildman–Crippen LogP) is 2.51. The molecule has 0 saturated carbocycles. The third-order valence-corrected chi connectivity index (χ3v) is 2.89. The van der Waals surface area contributed by atoms with E-state index in [1.165, 1.54) is 0 Å². The summed E-state index contributed by atoms with van der Waals surface area (Å²) >= 11 is 7.47. The maximum absolute atomic E-state index is 11.0. The third kappa shape index (κ3) is 2.96. The Morgan fingerprint density at radius 1 is 1.57 bits per heavy atom. The molecule has 0 spiro atoms. The number of carbonyl (C=O) groups excluding carboxylic acids is 1. The van der Waals surface area contributed by atoms with E-state index in [4.69, 9.17) is 16.9 Å². The number of hydrogen-bond donors (Lipinski definition) is 0. The fourth-order valence-corrected chi connectivity index (χ4v) is 1.83. The molecule has 0 aliphatic rings. The van der Waals surface area contributed by atoms with E-state index in [0.717, 1.165) is 9.13 Å². The molecule has 0 aliphatic heterocycles. The van der Waals surface area contributed by atoms with Crippen LogP contribution in [0.3, 0.4) is 0 Å². The number of nitriles is 1. The summed E-state index contributed by atoms with van der Waals surface area (Å²) in [4.78, 5) is 11.0. The number of Topliss-reactive ketones (excluding diaryl/α,β-unsaturated/α-hetero) is 1. The Hall–Kier alpha value is -0.600. The van der Waals surface area contributed by atoms with Gasteiger partial charge < -0.3 is 0 Å². The molecule has 0 aromatic heterocycles. The van der Waals surface area contributed by atoms with E-state index < -0.39 is 0 Å². The molecule has 2 nitrogen and oxygen atoms in total. The van der Waals surface area contributed by atoms with Gasteiger partial charge in [0.05, 0.1) is 11.4 Å². The van der Waals surface area contributed by atoms with Crippen molar-refractivity contribution in [2.45, 2.75) is 6.42 Å². The normalized spacial score (nSPS) is 9.50. The van der Waals surface area contributed by atoms with Crippen LogP contribution in [0.2, 0.25) is 0 Å². The van der Waals surface area contributed by atoms with E-state index in [1.54, 1.807) is 12.1 Å². The lowest BCUT2D eigenvalue weighted by Gasteiger charge is -2.00. The van der Waals surface area contributed by atoms with Crippen LogP contribution in [0.4, 0.5) is 0 Å². The Balaban J connectivity index is 2.88. The van der Waals surface area contributed by atoms with Gasteiger partial charge in [0.1, 0.15) is 6.07 Å². The Morgan fingerprint density at radius 3 is 2.79 bits per heavy atom. The first kappa shape index (κ1) is 11.5. The van der Waals surface area contributed by atoms with Crippen molar-refractivity contribution in [3.8, 4) is 6.07 Å². The average Bonchev–Trinajstić information content (AvgIpc) is 2.18. The quantitative estimate of drug-likeness (QED) is 0.634. The minimum atomic E-state index is -0.00725. The van der Waals surface area contributed by atoms with Crippen LogP contribution >= 0.6 is 34.2 Å². The van der Waals surface area contributed by atoms with Gasteiger partial charge in [-0.2, -0.15) is 5.26 Å². The molecule has 0 fully saturated rings. The van der Waals surface area contributed by atoms with Crippen molar-refractivity contribution in [1.29, 1.82) is 5.26 Å². The lowest BCUT2D eigenvalue weighted by atomic mass is 10.1. The zero-order valence-corrected chi connectivity index (χ0v) is 10.2. The van der Waals surface area contributed by atoms with Crippen molar-refractivity contribution in [2.75, 3.05) is 5.88 Å². The summed E-state index contributed by atoms with van der Waals surface area (Å²) < 4.78 is 0.866. The van der Waals surface area contributed by atoms with Gasteiger partial charge in [0.15, 0.2) is 5.78 Å². The highest BCUT2D eigenvalue weighted by Gasteiger charge is 2.04. The molecular weight excluding hydrogens is 312 g/mol. The zero-order chi connectivity index (χ0) is 10.6.